The summed E-state index contributed by atoms with van der Waals surface area (Å²) in [6.45, 7) is 3.26. The number of hydrogen-bond donors (Lipinski definition) is 1. The van der Waals surface area contributed by atoms with E-state index in [4.69, 9.17) is 4.74 Å². The molecule has 2 aromatic heterocycles. The predicted molar refractivity (Wildman–Crippen MR) is 88.3 cm³/mol. The van der Waals surface area contributed by atoms with Crippen LogP contribution in [0.25, 0.3) is 0 Å². The first-order chi connectivity index (χ1) is 11.7. The van der Waals surface area contributed by atoms with Crippen LogP contribution in [0.3, 0.4) is 0 Å². The highest BCUT2D eigenvalue weighted by molar-refractivity contribution is 5.78. The lowest BCUT2D eigenvalue weighted by Crippen LogP contribution is -2.36. The standard InChI is InChI=1S/C17H23N5O2/c1-12-5-7-18-14(9-12)10-17(23)19-13-3-4-15-20-21-16(11-24-2)22(15)8-6-13/h5,7,9,13H,3-4,6,8,10-11H2,1-2H3,(H,19,23). The van der Waals surface area contributed by atoms with Gasteiger partial charge in [0, 0.05) is 38.0 Å². The van der Waals surface area contributed by atoms with Crippen LogP contribution in [0.2, 0.25) is 0 Å². The first-order valence-electron chi connectivity index (χ1n) is 8.26. The zero-order valence-corrected chi connectivity index (χ0v) is 14.2. The fraction of sp³-hybridized carbons (Fsp3) is 0.529. The Hall–Kier alpha value is -2.28. The van der Waals surface area contributed by atoms with Crippen molar-refractivity contribution in [1.29, 1.82) is 0 Å². The van der Waals surface area contributed by atoms with E-state index in [0.29, 0.717) is 13.0 Å². The number of amides is 1. The summed E-state index contributed by atoms with van der Waals surface area (Å²) in [5.41, 5.74) is 1.92. The van der Waals surface area contributed by atoms with Crippen LogP contribution in [0.4, 0.5) is 0 Å². The van der Waals surface area contributed by atoms with Crippen molar-refractivity contribution in [2.45, 2.75) is 51.8 Å². The number of aryl methyl sites for hydroxylation is 2. The Bertz CT molecular complexity index is 713. The van der Waals surface area contributed by atoms with E-state index in [1.54, 1.807) is 13.3 Å². The predicted octanol–water partition coefficient (Wildman–Crippen LogP) is 1.19. The van der Waals surface area contributed by atoms with Crippen molar-refractivity contribution in [3.05, 3.63) is 41.2 Å². The molecule has 0 fully saturated rings. The molecule has 1 N–H and O–H groups in total. The zero-order valence-electron chi connectivity index (χ0n) is 14.2. The first kappa shape index (κ1) is 16.6. The molecule has 1 unspecified atom stereocenters. The van der Waals surface area contributed by atoms with Gasteiger partial charge in [-0.2, -0.15) is 0 Å². The number of aromatic nitrogens is 4. The number of nitrogens with one attached hydrogen (secondary N) is 1. The van der Waals surface area contributed by atoms with Gasteiger partial charge in [-0.25, -0.2) is 0 Å². The number of rotatable bonds is 5. The van der Waals surface area contributed by atoms with E-state index in [9.17, 15) is 4.79 Å². The first-order valence-corrected chi connectivity index (χ1v) is 8.26. The van der Waals surface area contributed by atoms with Gasteiger partial charge in [-0.05, 0) is 37.5 Å². The van der Waals surface area contributed by atoms with E-state index < -0.39 is 0 Å². The van der Waals surface area contributed by atoms with Crippen molar-refractivity contribution in [1.82, 2.24) is 25.1 Å². The number of carbonyl (C=O) groups is 1. The molecule has 0 bridgehead atoms. The SMILES string of the molecule is COCc1nnc2n1CCC(NC(=O)Cc1cc(C)ccn1)CC2. The number of carbonyl (C=O) groups excluding carboxylic acids is 1. The van der Waals surface area contributed by atoms with Crippen LogP contribution in [0.1, 0.15) is 35.7 Å². The Morgan fingerprint density at radius 2 is 2.29 bits per heavy atom. The normalized spacial score (nSPS) is 17.2. The van der Waals surface area contributed by atoms with Crippen molar-refractivity contribution >= 4 is 5.91 Å². The molecule has 7 nitrogen and oxygen atoms in total. The van der Waals surface area contributed by atoms with Gasteiger partial charge < -0.3 is 14.6 Å². The molecule has 1 amide bonds. The molecule has 1 aliphatic rings. The number of pyridine rings is 1. The highest BCUT2D eigenvalue weighted by Gasteiger charge is 2.21. The summed E-state index contributed by atoms with van der Waals surface area (Å²) in [6, 6.07) is 4.03. The molecule has 0 aromatic carbocycles. The number of nitrogens with zero attached hydrogens (tertiary/aromatic N) is 4. The third-order valence-corrected chi connectivity index (χ3v) is 4.27. The minimum Gasteiger partial charge on any atom is -0.377 e. The summed E-state index contributed by atoms with van der Waals surface area (Å²) in [5.74, 6) is 1.84. The van der Waals surface area contributed by atoms with Crippen LogP contribution >= 0.6 is 0 Å². The summed E-state index contributed by atoms with van der Waals surface area (Å²) < 4.78 is 7.27. The monoisotopic (exact) mass is 329 g/mol. The quantitative estimate of drug-likeness (QED) is 0.891. The Balaban J connectivity index is 1.56. The number of ether oxygens (including phenoxy) is 1. The van der Waals surface area contributed by atoms with Crippen LogP contribution in [0.5, 0.6) is 0 Å². The van der Waals surface area contributed by atoms with Crippen LogP contribution in [0.15, 0.2) is 18.3 Å². The summed E-state index contributed by atoms with van der Waals surface area (Å²) >= 11 is 0. The Morgan fingerprint density at radius 3 is 3.08 bits per heavy atom. The molecule has 128 valence electrons. The molecular formula is C17H23N5O2. The lowest BCUT2D eigenvalue weighted by atomic mass is 10.1. The average molecular weight is 329 g/mol. The van der Waals surface area contributed by atoms with Gasteiger partial charge in [0.15, 0.2) is 5.82 Å². The molecule has 0 saturated heterocycles. The van der Waals surface area contributed by atoms with Gasteiger partial charge in [-0.3, -0.25) is 9.78 Å². The molecule has 7 heteroatoms. The maximum Gasteiger partial charge on any atom is 0.226 e. The van der Waals surface area contributed by atoms with Crippen molar-refractivity contribution in [3.63, 3.8) is 0 Å². The van der Waals surface area contributed by atoms with Gasteiger partial charge in [-0.1, -0.05) is 0 Å². The molecule has 0 spiro atoms. The molecule has 0 saturated carbocycles. The number of fused-ring (bicyclic) bond motifs is 1. The Morgan fingerprint density at radius 1 is 1.42 bits per heavy atom. The molecule has 1 aliphatic heterocycles. The summed E-state index contributed by atoms with van der Waals surface area (Å²) in [6.07, 6.45) is 4.61. The fourth-order valence-electron chi connectivity index (χ4n) is 3.07. The molecule has 0 radical (unpaired) electrons. The third-order valence-electron chi connectivity index (χ3n) is 4.27. The van der Waals surface area contributed by atoms with E-state index >= 15 is 0 Å². The maximum atomic E-state index is 12.3. The van der Waals surface area contributed by atoms with E-state index in [1.165, 1.54) is 0 Å². The van der Waals surface area contributed by atoms with Gasteiger partial charge in [0.1, 0.15) is 12.4 Å². The van der Waals surface area contributed by atoms with Gasteiger partial charge >= 0.3 is 0 Å². The maximum absolute atomic E-state index is 12.3. The molecule has 3 heterocycles. The Labute approximate surface area is 141 Å². The summed E-state index contributed by atoms with van der Waals surface area (Å²) in [7, 11) is 1.65. The van der Waals surface area contributed by atoms with Crippen molar-refractivity contribution in [3.8, 4) is 0 Å². The average Bonchev–Trinajstić information content (AvgIpc) is 2.81. The molecule has 24 heavy (non-hydrogen) atoms. The smallest absolute Gasteiger partial charge is 0.226 e. The van der Waals surface area contributed by atoms with Crippen molar-refractivity contribution in [2.75, 3.05) is 7.11 Å². The van der Waals surface area contributed by atoms with E-state index in [0.717, 1.165) is 48.7 Å². The van der Waals surface area contributed by atoms with Gasteiger partial charge in [0.2, 0.25) is 5.91 Å². The molecule has 3 rings (SSSR count). The Kier molecular flexibility index (Phi) is 5.20. The van der Waals surface area contributed by atoms with Crippen LogP contribution in [-0.2, 0) is 35.5 Å². The van der Waals surface area contributed by atoms with Crippen molar-refractivity contribution < 1.29 is 9.53 Å². The topological polar surface area (TPSA) is 81.9 Å². The molecule has 1 atom stereocenters. The summed E-state index contributed by atoms with van der Waals surface area (Å²) in [4.78, 5) is 16.5. The lowest BCUT2D eigenvalue weighted by Gasteiger charge is -2.16. The minimum absolute atomic E-state index is 0.0212. The van der Waals surface area contributed by atoms with Crippen LogP contribution in [-0.4, -0.2) is 38.8 Å². The fourth-order valence-corrected chi connectivity index (χ4v) is 3.07. The molecule has 0 aliphatic carbocycles. The molecular weight excluding hydrogens is 306 g/mol. The lowest BCUT2D eigenvalue weighted by molar-refractivity contribution is -0.121. The second kappa shape index (κ2) is 7.53. The minimum atomic E-state index is 0.0212. The van der Waals surface area contributed by atoms with E-state index in [1.807, 2.05) is 19.1 Å². The van der Waals surface area contributed by atoms with Gasteiger partial charge in [0.05, 0.1) is 6.42 Å². The highest BCUT2D eigenvalue weighted by atomic mass is 16.5. The van der Waals surface area contributed by atoms with E-state index in [2.05, 4.69) is 25.1 Å². The number of methoxy groups -OCH3 is 1. The zero-order chi connectivity index (χ0) is 16.9. The molecule has 2 aromatic rings. The summed E-state index contributed by atoms with van der Waals surface area (Å²) in [5, 5.41) is 11.5. The van der Waals surface area contributed by atoms with E-state index in [-0.39, 0.29) is 11.9 Å². The van der Waals surface area contributed by atoms with Gasteiger partial charge in [-0.15, -0.1) is 10.2 Å². The number of hydrogen-bond acceptors (Lipinski definition) is 5. The van der Waals surface area contributed by atoms with Gasteiger partial charge in [0.25, 0.3) is 0 Å². The second-order valence-electron chi connectivity index (χ2n) is 6.21. The van der Waals surface area contributed by atoms with Crippen LogP contribution in [0, 0.1) is 6.92 Å². The van der Waals surface area contributed by atoms with Crippen LogP contribution < -0.4 is 5.32 Å². The largest absolute Gasteiger partial charge is 0.377 e. The third kappa shape index (κ3) is 3.97. The second-order valence-corrected chi connectivity index (χ2v) is 6.21. The highest BCUT2D eigenvalue weighted by Crippen LogP contribution is 2.16. The van der Waals surface area contributed by atoms with Crippen molar-refractivity contribution in [2.24, 2.45) is 0 Å².